The van der Waals surface area contributed by atoms with Crippen LogP contribution in [0.15, 0.2) is 114 Å². The first kappa shape index (κ1) is 25.6. The summed E-state index contributed by atoms with van der Waals surface area (Å²) in [7, 11) is 0. The quantitative estimate of drug-likeness (QED) is 0.166. The van der Waals surface area contributed by atoms with Gasteiger partial charge in [-0.2, -0.15) is 0 Å². The van der Waals surface area contributed by atoms with E-state index in [1.807, 2.05) is 72.8 Å². The molecule has 0 amide bonds. The Kier molecular flexibility index (Phi) is 7.64. The summed E-state index contributed by atoms with van der Waals surface area (Å²) in [4.78, 5) is 13.0. The topological polar surface area (TPSA) is 51.8 Å². The van der Waals surface area contributed by atoms with E-state index in [0.29, 0.717) is 33.4 Å². The molecule has 0 saturated heterocycles. The Hall–Kier alpha value is -4.44. The molecule has 5 heteroatoms. The van der Waals surface area contributed by atoms with Crippen LogP contribution in [0.2, 0.25) is 0 Å². The van der Waals surface area contributed by atoms with E-state index in [9.17, 15) is 0 Å². The average molecular weight is 813 g/mol. The summed E-state index contributed by atoms with van der Waals surface area (Å²) >= 11 is 0. The Bertz CT molecular complexity index is 2360. The van der Waals surface area contributed by atoms with Gasteiger partial charge < -0.3 is 14.4 Å². The van der Waals surface area contributed by atoms with Crippen LogP contribution in [0.3, 0.4) is 0 Å². The molecule has 48 heavy (non-hydrogen) atoms. The van der Waals surface area contributed by atoms with Crippen LogP contribution in [0.1, 0.15) is 71.8 Å². The number of aryl methyl sites for hydroxylation is 2. The van der Waals surface area contributed by atoms with Crippen LogP contribution in [-0.4, -0.2) is 15.0 Å². The van der Waals surface area contributed by atoms with Gasteiger partial charge in [0.1, 0.15) is 0 Å². The van der Waals surface area contributed by atoms with E-state index in [1.54, 1.807) is 24.4 Å². The fourth-order valence-electron chi connectivity index (χ4n) is 6.12. The first-order chi connectivity index (χ1) is 25.6. The van der Waals surface area contributed by atoms with Crippen LogP contribution in [0.4, 0.5) is 0 Å². The summed E-state index contributed by atoms with van der Waals surface area (Å²) in [5.74, 6) is -0.649. The number of rotatable bonds is 4. The number of fused-ring (bicyclic) bond motifs is 3. The minimum atomic E-state index is -2.39. The summed E-state index contributed by atoms with van der Waals surface area (Å²) in [5.41, 5.74) is 6.12. The molecule has 7 aromatic rings. The third kappa shape index (κ3) is 7.18. The molecule has 1 radical (unpaired) electrons. The minimum absolute atomic E-state index is 0. The van der Waals surface area contributed by atoms with Gasteiger partial charge in [0.05, 0.1) is 5.58 Å². The van der Waals surface area contributed by atoms with Gasteiger partial charge in [0.25, 0.3) is 0 Å². The molecule has 4 aromatic heterocycles. The zero-order valence-electron chi connectivity index (χ0n) is 33.8. The van der Waals surface area contributed by atoms with E-state index in [4.69, 9.17) is 14.0 Å². The summed E-state index contributed by atoms with van der Waals surface area (Å²) in [5, 5.41) is 1.39. The predicted molar refractivity (Wildman–Crippen MR) is 192 cm³/mol. The Balaban J connectivity index is 0.000000336. The molecule has 1 fully saturated rings. The molecular weight excluding hydrogens is 767 g/mol. The molecular formula is C43H39IrN3O-2. The van der Waals surface area contributed by atoms with Gasteiger partial charge >= 0.3 is 0 Å². The first-order valence-electron chi connectivity index (χ1n) is 19.4. The zero-order chi connectivity index (χ0) is 38.3. The van der Waals surface area contributed by atoms with E-state index < -0.39 is 19.6 Å². The van der Waals surface area contributed by atoms with Gasteiger partial charge in [-0.25, -0.2) is 4.98 Å². The Morgan fingerprint density at radius 1 is 0.833 bits per heavy atom. The summed E-state index contributed by atoms with van der Waals surface area (Å²) in [6, 6.07) is 36.1. The molecule has 4 heterocycles. The molecule has 0 spiro atoms. The van der Waals surface area contributed by atoms with Crippen molar-refractivity contribution >= 4 is 22.1 Å². The van der Waals surface area contributed by atoms with Crippen LogP contribution >= 0.6 is 0 Å². The van der Waals surface area contributed by atoms with Crippen molar-refractivity contribution in [1.82, 2.24) is 15.0 Å². The van der Waals surface area contributed by atoms with Gasteiger partial charge in [-0.05, 0) is 103 Å². The first-order valence-corrected chi connectivity index (χ1v) is 15.9. The molecule has 0 N–H and O–H groups in total. The van der Waals surface area contributed by atoms with Crippen molar-refractivity contribution in [1.29, 1.82) is 0 Å². The van der Waals surface area contributed by atoms with Gasteiger partial charge in [-0.3, -0.25) is 0 Å². The molecule has 3 aromatic carbocycles. The molecule has 0 atom stereocenters. The largest absolute Gasteiger partial charge is 0.486 e. The number of hydrogen-bond acceptors (Lipinski definition) is 4. The number of pyridine rings is 3. The average Bonchev–Trinajstić information content (AvgIpc) is 3.55. The number of hydrogen-bond donors (Lipinski definition) is 0. The zero-order valence-corrected chi connectivity index (χ0v) is 29.2. The van der Waals surface area contributed by atoms with Crippen molar-refractivity contribution < 1.29 is 34.1 Å². The van der Waals surface area contributed by atoms with Crippen molar-refractivity contribution in [2.75, 3.05) is 0 Å². The summed E-state index contributed by atoms with van der Waals surface area (Å²) in [6.07, 6.45) is 6.73. The Morgan fingerprint density at radius 2 is 1.67 bits per heavy atom. The van der Waals surface area contributed by atoms with E-state index in [0.717, 1.165) is 47.9 Å². The smallest absolute Gasteiger partial charge is 0.216 e. The number of aromatic nitrogens is 3. The predicted octanol–water partition coefficient (Wildman–Crippen LogP) is 11.4. The van der Waals surface area contributed by atoms with E-state index >= 15 is 0 Å². The minimum Gasteiger partial charge on any atom is -0.486 e. The third-order valence-corrected chi connectivity index (χ3v) is 8.92. The maximum Gasteiger partial charge on any atom is 0.216 e. The van der Waals surface area contributed by atoms with Crippen LogP contribution in [0.25, 0.3) is 55.7 Å². The molecule has 1 aliphatic carbocycles. The van der Waals surface area contributed by atoms with E-state index in [-0.39, 0.29) is 42.5 Å². The summed E-state index contributed by atoms with van der Waals surface area (Å²) in [6.45, 7) is -0.259. The SMILES string of the molecule is [2H]C([2H])([2H])c1ccc2c(n1)oc1c(-c3cc(-c4ccc(C5([2H])CCC(C)(C)CC5)cc4)c(C([2H])([2H])[2H])cn3)[c-]ccc12.[Ir].[c-]1ccccc1-c1ccccn1. The molecule has 0 unspecified atom stereocenters. The summed E-state index contributed by atoms with van der Waals surface area (Å²) < 4.78 is 62.8. The standard InChI is InChI=1S/C32H31N2O.C11H8N.Ir/c1-20-19-33-29(27-7-5-6-25-26-13-8-21(2)34-31(26)35-30(25)27)18-28(20)24-11-9-22(10-12-24)23-14-16-32(3,4)17-15-23;1-2-6-10(7-3-1)11-8-4-5-9-12-11;/h5-6,8-13,18-19,23H,14-17H2,1-4H3;1-6,8-9H;/q2*-1;/i1D3,2D3,23D;;. The number of benzene rings is 3. The second-order valence-corrected chi connectivity index (χ2v) is 12.7. The van der Waals surface area contributed by atoms with Crippen molar-refractivity contribution in [3.05, 3.63) is 138 Å². The van der Waals surface area contributed by atoms with E-state index in [2.05, 4.69) is 40.9 Å². The molecule has 1 aliphatic rings. The normalized spacial score (nSPS) is 17.6. The van der Waals surface area contributed by atoms with Gasteiger partial charge in [0.15, 0.2) is 0 Å². The Morgan fingerprint density at radius 3 is 2.40 bits per heavy atom. The monoisotopic (exact) mass is 813 g/mol. The molecule has 243 valence electrons. The molecule has 1 saturated carbocycles. The fourth-order valence-corrected chi connectivity index (χ4v) is 6.12. The van der Waals surface area contributed by atoms with Crippen LogP contribution in [0.5, 0.6) is 0 Å². The second kappa shape index (κ2) is 14.4. The van der Waals surface area contributed by atoms with Crippen LogP contribution in [0, 0.1) is 31.3 Å². The van der Waals surface area contributed by atoms with Crippen LogP contribution in [-0.2, 0) is 20.1 Å². The van der Waals surface area contributed by atoms with E-state index in [1.165, 1.54) is 12.3 Å². The molecule has 4 nitrogen and oxygen atoms in total. The van der Waals surface area contributed by atoms with Gasteiger partial charge in [0, 0.05) is 53.2 Å². The Labute approximate surface area is 306 Å². The molecule has 0 bridgehead atoms. The van der Waals surface area contributed by atoms with Crippen LogP contribution < -0.4 is 0 Å². The molecule has 8 rings (SSSR count). The fraction of sp³-hybridized carbons (Fsp3) is 0.233. The maximum atomic E-state index is 9.12. The number of nitrogens with zero attached hydrogens (tertiary/aromatic N) is 3. The van der Waals surface area contributed by atoms with Crippen molar-refractivity contribution in [2.24, 2.45) is 5.41 Å². The second-order valence-electron chi connectivity index (χ2n) is 12.7. The third-order valence-electron chi connectivity index (χ3n) is 8.92. The molecule has 0 aliphatic heterocycles. The van der Waals surface area contributed by atoms with Gasteiger partial charge in [0.2, 0.25) is 5.71 Å². The maximum absolute atomic E-state index is 9.12. The van der Waals surface area contributed by atoms with Crippen molar-refractivity contribution in [3.8, 4) is 33.6 Å². The van der Waals surface area contributed by atoms with Crippen molar-refractivity contribution in [3.63, 3.8) is 0 Å². The van der Waals surface area contributed by atoms with Gasteiger partial charge in [-0.15, -0.1) is 54.1 Å². The van der Waals surface area contributed by atoms with Crippen molar-refractivity contribution in [2.45, 2.75) is 59.1 Å². The van der Waals surface area contributed by atoms with Gasteiger partial charge in [-0.1, -0.05) is 67.3 Å². The number of furan rings is 1.